The van der Waals surface area contributed by atoms with Crippen LogP contribution in [0, 0.1) is 0 Å². The largest absolute Gasteiger partial charge is 0.756 e. The molecule has 80 heavy (non-hydrogen) atoms. The van der Waals surface area contributed by atoms with Crippen LogP contribution >= 0.6 is 7.82 Å². The molecule has 1 amide bonds. The zero-order valence-corrected chi connectivity index (χ0v) is 54.7. The second-order valence-electron chi connectivity index (χ2n) is 24.9. The highest BCUT2D eigenvalue weighted by molar-refractivity contribution is 7.45. The average Bonchev–Trinajstić information content (AvgIpc) is 3.42. The van der Waals surface area contributed by atoms with E-state index in [1.165, 1.54) is 263 Å². The molecular weight excluding hydrogens is 1010 g/mol. The molecule has 0 fully saturated rings. The number of hydrogen-bond acceptors (Lipinski definition) is 6. The molecule has 470 valence electrons. The number of nitrogens with zero attached hydrogens (tertiary/aromatic N) is 1. The molecule has 0 aliphatic heterocycles. The number of allylic oxidation sites excluding steroid dienone is 9. The lowest BCUT2D eigenvalue weighted by Gasteiger charge is -2.29. The number of carbonyl (C=O) groups excluding carboxylic acids is 1. The number of phosphoric ester groups is 1. The normalized spacial score (nSPS) is 14.0. The van der Waals surface area contributed by atoms with Crippen molar-refractivity contribution in [2.45, 2.75) is 347 Å². The van der Waals surface area contributed by atoms with Crippen molar-refractivity contribution in [3.05, 3.63) is 60.8 Å². The molecule has 0 rings (SSSR count). The number of aliphatic hydroxyl groups is 1. The highest BCUT2D eigenvalue weighted by Gasteiger charge is 2.23. The zero-order chi connectivity index (χ0) is 58.4. The van der Waals surface area contributed by atoms with Gasteiger partial charge in [-0.25, -0.2) is 0 Å². The summed E-state index contributed by atoms with van der Waals surface area (Å²) in [6.07, 6.45) is 85.0. The quantitative estimate of drug-likeness (QED) is 0.0272. The Bertz CT molecular complexity index is 1490. The Balaban J connectivity index is 3.97. The Morgan fingerprint density at radius 3 is 1.10 bits per heavy atom. The van der Waals surface area contributed by atoms with E-state index in [4.69, 9.17) is 9.05 Å². The van der Waals surface area contributed by atoms with E-state index in [9.17, 15) is 19.4 Å². The maximum absolute atomic E-state index is 13.0. The van der Waals surface area contributed by atoms with Gasteiger partial charge in [-0.2, -0.15) is 0 Å². The van der Waals surface area contributed by atoms with Gasteiger partial charge in [0.2, 0.25) is 5.91 Å². The van der Waals surface area contributed by atoms with Gasteiger partial charge in [0, 0.05) is 6.42 Å². The summed E-state index contributed by atoms with van der Waals surface area (Å²) in [5.41, 5.74) is 0. The number of likely N-dealkylation sites (N-methyl/N-ethyl adjacent to an activating group) is 1. The standard InChI is InChI=1S/C71H135N2O6P/c1-6-8-10-12-14-16-18-20-22-24-26-27-28-29-30-31-32-33-34-35-36-37-38-39-40-41-42-43-44-45-47-49-51-53-55-57-59-61-63-65-71(75)72-69(68-79-80(76,77)78-67-66-73(3,4)5)70(74)64-62-60-58-56-54-52-50-48-46-25-23-21-19-17-15-13-11-9-7-2/h18,20,24,26,28-29,54,56,62,64,69-70,74H,6-17,19,21-23,25,27,30-53,55,57-61,63,65-68H2,1-5H3,(H-,72,75,76,77)/b20-18-,26-24-,29-28-,56-54+,64-62+. The van der Waals surface area contributed by atoms with Gasteiger partial charge in [-0.15, -0.1) is 0 Å². The Morgan fingerprint density at radius 2 is 0.738 bits per heavy atom. The third-order valence-corrected chi connectivity index (χ3v) is 16.7. The molecule has 0 radical (unpaired) electrons. The van der Waals surface area contributed by atoms with Gasteiger partial charge in [-0.1, -0.05) is 319 Å². The zero-order valence-electron chi connectivity index (χ0n) is 53.8. The molecule has 9 heteroatoms. The molecule has 0 spiro atoms. The van der Waals surface area contributed by atoms with E-state index in [1.54, 1.807) is 6.08 Å². The highest BCUT2D eigenvalue weighted by Crippen LogP contribution is 2.38. The first kappa shape index (κ1) is 78.2. The van der Waals surface area contributed by atoms with Crippen molar-refractivity contribution in [1.82, 2.24) is 5.32 Å². The van der Waals surface area contributed by atoms with Crippen LogP contribution < -0.4 is 10.2 Å². The third kappa shape index (κ3) is 63.8. The number of rotatable bonds is 64. The Kier molecular flexibility index (Phi) is 60.4. The van der Waals surface area contributed by atoms with Gasteiger partial charge in [-0.05, 0) is 70.6 Å². The lowest BCUT2D eigenvalue weighted by atomic mass is 10.0. The van der Waals surface area contributed by atoms with Crippen molar-refractivity contribution in [1.29, 1.82) is 0 Å². The summed E-state index contributed by atoms with van der Waals surface area (Å²) in [6, 6.07) is -0.904. The third-order valence-electron chi connectivity index (χ3n) is 15.7. The fourth-order valence-electron chi connectivity index (χ4n) is 10.3. The van der Waals surface area contributed by atoms with Gasteiger partial charge in [0.15, 0.2) is 0 Å². The number of carbonyl (C=O) groups is 1. The van der Waals surface area contributed by atoms with Gasteiger partial charge in [0.25, 0.3) is 7.82 Å². The number of aliphatic hydroxyl groups excluding tert-OH is 1. The van der Waals surface area contributed by atoms with E-state index >= 15 is 0 Å². The maximum atomic E-state index is 13.0. The van der Waals surface area contributed by atoms with Crippen LogP contribution in [0.15, 0.2) is 60.8 Å². The summed E-state index contributed by atoms with van der Waals surface area (Å²) in [4.78, 5) is 25.6. The molecule has 2 N–H and O–H groups in total. The minimum absolute atomic E-state index is 0.00560. The number of hydrogen-bond donors (Lipinski definition) is 2. The molecule has 0 aromatic heterocycles. The van der Waals surface area contributed by atoms with Gasteiger partial charge in [-0.3, -0.25) is 9.36 Å². The summed E-state index contributed by atoms with van der Waals surface area (Å²) in [7, 11) is 1.25. The second kappa shape index (κ2) is 61.8. The molecule has 0 heterocycles. The van der Waals surface area contributed by atoms with Crippen LogP contribution in [0.1, 0.15) is 335 Å². The SMILES string of the molecule is CCCCCCC/C=C\C/C=C\C/C=C\CCCCCCCCCCCCCCCCCCCCCCCCCCC(=O)NC(COP(=O)([O-])OCC[N+](C)(C)C)C(O)/C=C/CC/C=C/CCCCCCCCCCCCCCC. The van der Waals surface area contributed by atoms with Crippen molar-refractivity contribution in [3.63, 3.8) is 0 Å². The summed E-state index contributed by atoms with van der Waals surface area (Å²) in [5, 5.41) is 13.9. The van der Waals surface area contributed by atoms with Crippen LogP contribution in [0.3, 0.4) is 0 Å². The van der Waals surface area contributed by atoms with Crippen LogP contribution in [0.2, 0.25) is 0 Å². The van der Waals surface area contributed by atoms with Crippen LogP contribution in [0.4, 0.5) is 0 Å². The molecule has 8 nitrogen and oxygen atoms in total. The van der Waals surface area contributed by atoms with Crippen molar-refractivity contribution in [2.75, 3.05) is 40.9 Å². The molecule has 0 saturated heterocycles. The molecule has 0 aliphatic rings. The predicted molar refractivity (Wildman–Crippen MR) is 348 cm³/mol. The van der Waals surface area contributed by atoms with Crippen LogP contribution in [-0.2, 0) is 18.4 Å². The van der Waals surface area contributed by atoms with Gasteiger partial charge < -0.3 is 28.8 Å². The van der Waals surface area contributed by atoms with Crippen molar-refractivity contribution in [3.8, 4) is 0 Å². The lowest BCUT2D eigenvalue weighted by molar-refractivity contribution is -0.870. The van der Waals surface area contributed by atoms with Crippen molar-refractivity contribution < 1.29 is 32.9 Å². The van der Waals surface area contributed by atoms with Crippen LogP contribution in [-0.4, -0.2) is 68.5 Å². The van der Waals surface area contributed by atoms with E-state index in [2.05, 4.69) is 67.8 Å². The lowest BCUT2D eigenvalue weighted by Crippen LogP contribution is -2.45. The second-order valence-corrected chi connectivity index (χ2v) is 26.3. The molecule has 3 unspecified atom stereocenters. The van der Waals surface area contributed by atoms with Crippen LogP contribution in [0.5, 0.6) is 0 Å². The minimum atomic E-state index is -4.61. The van der Waals surface area contributed by atoms with Gasteiger partial charge in [0.05, 0.1) is 39.9 Å². The highest BCUT2D eigenvalue weighted by atomic mass is 31.2. The fourth-order valence-corrected chi connectivity index (χ4v) is 11.0. The van der Waals surface area contributed by atoms with Gasteiger partial charge >= 0.3 is 0 Å². The predicted octanol–water partition coefficient (Wildman–Crippen LogP) is 21.4. The van der Waals surface area contributed by atoms with Crippen LogP contribution in [0.25, 0.3) is 0 Å². The maximum Gasteiger partial charge on any atom is 0.268 e. The smallest absolute Gasteiger partial charge is 0.268 e. The van der Waals surface area contributed by atoms with Crippen molar-refractivity contribution >= 4 is 13.7 Å². The molecule has 0 aromatic rings. The summed E-state index contributed by atoms with van der Waals surface area (Å²) >= 11 is 0. The molecule has 0 bridgehead atoms. The van der Waals surface area contributed by atoms with E-state index in [-0.39, 0.29) is 12.5 Å². The number of quaternary nitrogens is 1. The molecule has 0 saturated carbocycles. The molecule has 3 atom stereocenters. The van der Waals surface area contributed by atoms with Crippen molar-refractivity contribution in [2.24, 2.45) is 0 Å². The first-order chi connectivity index (χ1) is 39.0. The molecule has 0 aliphatic carbocycles. The fraction of sp³-hybridized carbons (Fsp3) is 0.845. The first-order valence-electron chi connectivity index (χ1n) is 34.7. The number of nitrogens with one attached hydrogen (secondary N) is 1. The van der Waals surface area contributed by atoms with E-state index in [0.29, 0.717) is 17.4 Å². The monoisotopic (exact) mass is 1140 g/mol. The minimum Gasteiger partial charge on any atom is -0.756 e. The first-order valence-corrected chi connectivity index (χ1v) is 36.1. The van der Waals surface area contributed by atoms with E-state index in [1.807, 2.05) is 27.2 Å². The molecule has 0 aromatic carbocycles. The topological polar surface area (TPSA) is 108 Å². The Labute approximate surface area is 498 Å². The molecular formula is C71H135N2O6P. The summed E-state index contributed by atoms with van der Waals surface area (Å²) < 4.78 is 23.4. The number of unbranched alkanes of at least 4 members (excludes halogenated alkanes) is 43. The van der Waals surface area contributed by atoms with E-state index in [0.717, 1.165) is 51.4 Å². The summed E-state index contributed by atoms with van der Waals surface area (Å²) in [5.74, 6) is -0.202. The Morgan fingerprint density at radius 1 is 0.438 bits per heavy atom. The number of amides is 1. The van der Waals surface area contributed by atoms with Gasteiger partial charge in [0.1, 0.15) is 13.2 Å². The average molecular weight is 1140 g/mol. The Hall–Kier alpha value is -1.80. The summed E-state index contributed by atoms with van der Waals surface area (Å²) in [6.45, 7) is 4.65. The van der Waals surface area contributed by atoms with E-state index < -0.39 is 26.6 Å². The number of phosphoric acid groups is 1.